The summed E-state index contributed by atoms with van der Waals surface area (Å²) < 4.78 is 29.5. The molecule has 0 heterocycles. The zero-order valence-corrected chi connectivity index (χ0v) is 28.1. The van der Waals surface area contributed by atoms with Crippen molar-refractivity contribution in [2.24, 2.45) is 0 Å². The summed E-state index contributed by atoms with van der Waals surface area (Å²) in [5, 5.41) is 3.87. The molecule has 1 atom stereocenters. The molecule has 0 aromatic heterocycles. The van der Waals surface area contributed by atoms with Crippen molar-refractivity contribution in [1.29, 1.82) is 0 Å². The molecule has 3 aromatic rings. The molecule has 1 aliphatic carbocycles. The van der Waals surface area contributed by atoms with Crippen molar-refractivity contribution in [1.82, 2.24) is 10.2 Å². The molecule has 0 saturated heterocycles. The number of rotatable bonds is 11. The van der Waals surface area contributed by atoms with Gasteiger partial charge in [-0.1, -0.05) is 79.2 Å². The van der Waals surface area contributed by atoms with Crippen LogP contribution in [0.2, 0.25) is 10.0 Å². The van der Waals surface area contributed by atoms with Crippen molar-refractivity contribution in [2.75, 3.05) is 10.8 Å². The Balaban J connectivity index is 1.76. The first-order chi connectivity index (χ1) is 20.9. The Hall–Kier alpha value is -3.07. The van der Waals surface area contributed by atoms with E-state index >= 15 is 0 Å². The van der Waals surface area contributed by atoms with E-state index in [0.717, 1.165) is 53.1 Å². The minimum Gasteiger partial charge on any atom is -0.352 e. The van der Waals surface area contributed by atoms with Crippen molar-refractivity contribution < 1.29 is 18.0 Å². The van der Waals surface area contributed by atoms with E-state index in [0.29, 0.717) is 27.7 Å². The number of nitrogens with one attached hydrogen (secondary N) is 1. The summed E-state index contributed by atoms with van der Waals surface area (Å²) in [6.07, 6.45) is 5.33. The van der Waals surface area contributed by atoms with Gasteiger partial charge >= 0.3 is 0 Å². The van der Waals surface area contributed by atoms with Crippen LogP contribution in [0.3, 0.4) is 0 Å². The average Bonchev–Trinajstić information content (AvgIpc) is 2.97. The van der Waals surface area contributed by atoms with Crippen LogP contribution in [0.15, 0.2) is 65.6 Å². The molecule has 0 spiro atoms. The Kier molecular flexibility index (Phi) is 11.4. The third kappa shape index (κ3) is 8.14. The van der Waals surface area contributed by atoms with E-state index in [4.69, 9.17) is 23.2 Å². The smallest absolute Gasteiger partial charge is 0.264 e. The number of carbonyl (C=O) groups is 2. The first-order valence-corrected chi connectivity index (χ1v) is 17.3. The first kappa shape index (κ1) is 33.8. The highest BCUT2D eigenvalue weighted by atomic mass is 35.5. The molecule has 4 rings (SSSR count). The number of carbonyl (C=O) groups excluding carboxylic acids is 2. The molecule has 1 fully saturated rings. The third-order valence-corrected chi connectivity index (χ3v) is 10.6. The van der Waals surface area contributed by atoms with Gasteiger partial charge < -0.3 is 10.2 Å². The molecule has 1 unspecified atom stereocenters. The van der Waals surface area contributed by atoms with Crippen LogP contribution in [0.25, 0.3) is 0 Å². The average molecular weight is 659 g/mol. The number of amides is 2. The van der Waals surface area contributed by atoms with E-state index in [-0.39, 0.29) is 23.4 Å². The Morgan fingerprint density at radius 1 is 0.886 bits per heavy atom. The number of benzene rings is 3. The van der Waals surface area contributed by atoms with Crippen molar-refractivity contribution in [2.45, 2.75) is 89.7 Å². The summed E-state index contributed by atoms with van der Waals surface area (Å²) >= 11 is 13.1. The van der Waals surface area contributed by atoms with Crippen molar-refractivity contribution in [3.8, 4) is 0 Å². The second kappa shape index (κ2) is 14.8. The Morgan fingerprint density at radius 3 is 2.05 bits per heavy atom. The molecule has 236 valence electrons. The van der Waals surface area contributed by atoms with Gasteiger partial charge in [0.15, 0.2) is 0 Å². The highest BCUT2D eigenvalue weighted by Crippen LogP contribution is 2.30. The van der Waals surface area contributed by atoms with Gasteiger partial charge in [-0.3, -0.25) is 13.9 Å². The molecule has 10 heteroatoms. The second-order valence-electron chi connectivity index (χ2n) is 11.7. The van der Waals surface area contributed by atoms with E-state index in [9.17, 15) is 18.0 Å². The lowest BCUT2D eigenvalue weighted by Crippen LogP contribution is -2.54. The standard InChI is InChI=1S/C34H41Cl2N3O4S/c1-5-32(34(41)37-26-10-7-6-8-11-26)38(21-29-30(35)12-9-13-31(29)36)33(40)22-39(27-19-24(3)18-25(4)20-27)44(42,43)28-16-14-23(2)15-17-28/h9,12-20,26,32H,5-8,10-11,21-22H2,1-4H3,(H,37,41). The third-order valence-electron chi connectivity index (χ3n) is 8.11. The molecule has 44 heavy (non-hydrogen) atoms. The zero-order valence-electron chi connectivity index (χ0n) is 25.8. The Morgan fingerprint density at radius 2 is 1.48 bits per heavy atom. The molecule has 0 aliphatic heterocycles. The van der Waals surface area contributed by atoms with Gasteiger partial charge in [-0.25, -0.2) is 8.42 Å². The molecule has 2 amide bonds. The SMILES string of the molecule is CCC(C(=O)NC1CCCCC1)N(Cc1c(Cl)cccc1Cl)C(=O)CN(c1cc(C)cc(C)c1)S(=O)(=O)c1ccc(C)cc1. The summed E-state index contributed by atoms with van der Waals surface area (Å²) in [5.74, 6) is -0.809. The number of sulfonamides is 1. The van der Waals surface area contributed by atoms with Crippen LogP contribution in [-0.4, -0.2) is 43.8 Å². The maximum Gasteiger partial charge on any atom is 0.264 e. The fraction of sp³-hybridized carbons (Fsp3) is 0.412. The largest absolute Gasteiger partial charge is 0.352 e. The van der Waals surface area contributed by atoms with E-state index < -0.39 is 28.5 Å². The second-order valence-corrected chi connectivity index (χ2v) is 14.3. The molecule has 1 saturated carbocycles. The number of halogens is 2. The fourth-order valence-corrected chi connectivity index (χ4v) is 7.69. The number of anilines is 1. The maximum absolute atomic E-state index is 14.4. The molecule has 1 aliphatic rings. The van der Waals surface area contributed by atoms with Gasteiger partial charge in [0, 0.05) is 28.2 Å². The van der Waals surface area contributed by atoms with Gasteiger partial charge in [0.25, 0.3) is 10.0 Å². The maximum atomic E-state index is 14.4. The topological polar surface area (TPSA) is 86.8 Å². The van der Waals surface area contributed by atoms with Gasteiger partial charge in [0.2, 0.25) is 11.8 Å². The van der Waals surface area contributed by atoms with E-state index in [1.54, 1.807) is 54.6 Å². The van der Waals surface area contributed by atoms with Crippen LogP contribution >= 0.6 is 23.2 Å². The van der Waals surface area contributed by atoms with Gasteiger partial charge in [-0.05, 0) is 87.6 Å². The summed E-state index contributed by atoms with van der Waals surface area (Å²) in [7, 11) is -4.16. The Labute approximate surface area is 271 Å². The fourth-order valence-electron chi connectivity index (χ4n) is 5.78. The number of hydrogen-bond acceptors (Lipinski definition) is 4. The molecule has 1 N–H and O–H groups in total. The Bertz CT molecular complexity index is 1550. The lowest BCUT2D eigenvalue weighted by molar-refractivity contribution is -0.140. The molecule has 7 nitrogen and oxygen atoms in total. The van der Waals surface area contributed by atoms with Gasteiger partial charge in [-0.2, -0.15) is 0 Å². The molecule has 3 aromatic carbocycles. The monoisotopic (exact) mass is 657 g/mol. The summed E-state index contributed by atoms with van der Waals surface area (Å²) in [6, 6.07) is 16.2. The van der Waals surface area contributed by atoms with Gasteiger partial charge in [-0.15, -0.1) is 0 Å². The van der Waals surface area contributed by atoms with Crippen molar-refractivity contribution in [3.63, 3.8) is 0 Å². The van der Waals surface area contributed by atoms with E-state index in [1.165, 1.54) is 4.90 Å². The van der Waals surface area contributed by atoms with Crippen molar-refractivity contribution in [3.05, 3.63) is 93.0 Å². The lowest BCUT2D eigenvalue weighted by atomic mass is 9.95. The molecule has 0 bridgehead atoms. The van der Waals surface area contributed by atoms with Crippen LogP contribution in [-0.2, 0) is 26.2 Å². The van der Waals surface area contributed by atoms with E-state index in [1.807, 2.05) is 33.8 Å². The predicted octanol–water partition coefficient (Wildman–Crippen LogP) is 7.37. The van der Waals surface area contributed by atoms with Gasteiger partial charge in [0.05, 0.1) is 10.6 Å². The normalized spacial score (nSPS) is 14.6. The van der Waals surface area contributed by atoms with Gasteiger partial charge in [0.1, 0.15) is 12.6 Å². The minimum atomic E-state index is -4.16. The number of nitrogens with zero attached hydrogens (tertiary/aromatic N) is 2. The molecular formula is C34H41Cl2N3O4S. The summed E-state index contributed by atoms with van der Waals surface area (Å²) in [6.45, 7) is 6.90. The number of hydrogen-bond donors (Lipinski definition) is 1. The quantitative estimate of drug-likeness (QED) is 0.233. The molecule has 0 radical (unpaired) electrons. The summed E-state index contributed by atoms with van der Waals surface area (Å²) in [5.41, 5.74) is 3.49. The lowest BCUT2D eigenvalue weighted by Gasteiger charge is -2.35. The van der Waals surface area contributed by atoms with Crippen LogP contribution in [0, 0.1) is 20.8 Å². The van der Waals surface area contributed by atoms with Crippen LogP contribution in [0.5, 0.6) is 0 Å². The van der Waals surface area contributed by atoms with E-state index in [2.05, 4.69) is 5.32 Å². The predicted molar refractivity (Wildman–Crippen MR) is 178 cm³/mol. The minimum absolute atomic E-state index is 0.0415. The highest BCUT2D eigenvalue weighted by molar-refractivity contribution is 7.92. The summed E-state index contributed by atoms with van der Waals surface area (Å²) in [4.78, 5) is 29.6. The van der Waals surface area contributed by atoms with Crippen LogP contribution in [0.1, 0.15) is 67.7 Å². The van der Waals surface area contributed by atoms with Crippen LogP contribution < -0.4 is 9.62 Å². The number of aryl methyl sites for hydroxylation is 3. The zero-order chi connectivity index (χ0) is 32.0. The molecular weight excluding hydrogens is 617 g/mol. The highest BCUT2D eigenvalue weighted by Gasteiger charge is 2.35. The van der Waals surface area contributed by atoms with Crippen LogP contribution in [0.4, 0.5) is 5.69 Å². The first-order valence-electron chi connectivity index (χ1n) is 15.1. The van der Waals surface area contributed by atoms with Crippen molar-refractivity contribution >= 4 is 50.7 Å².